The van der Waals surface area contributed by atoms with Crippen molar-refractivity contribution in [1.82, 2.24) is 9.62 Å². The van der Waals surface area contributed by atoms with Gasteiger partial charge in [-0.05, 0) is 49.6 Å². The Morgan fingerprint density at radius 1 is 1.20 bits per heavy atom. The highest BCUT2D eigenvalue weighted by Crippen LogP contribution is 2.33. The van der Waals surface area contributed by atoms with Gasteiger partial charge in [0, 0.05) is 19.6 Å². The molecule has 0 saturated carbocycles. The van der Waals surface area contributed by atoms with Crippen LogP contribution < -0.4 is 14.2 Å². The number of benzene rings is 1. The maximum absolute atomic E-state index is 12.6. The first-order valence-corrected chi connectivity index (χ1v) is 10.9. The number of methoxy groups -OCH3 is 3. The highest BCUT2D eigenvalue weighted by Gasteiger charge is 2.23. The minimum absolute atomic E-state index is 0.192. The Kier molecular flexibility index (Phi) is 7.52. The van der Waals surface area contributed by atoms with Crippen LogP contribution in [0.5, 0.6) is 11.5 Å². The lowest BCUT2D eigenvalue weighted by atomic mass is 9.98. The van der Waals surface area contributed by atoms with Crippen molar-refractivity contribution in [3.05, 3.63) is 40.8 Å². The standard InChI is InChI=1S/C21H28N2O6S/c1-14-20(17(13-29-14)21(24)28-4)30(25)22-7-5-8-23-9-6-15-10-18(26-2)19(27-3)11-16(15)12-23/h10-11,13,22H,5-9,12H2,1-4H3. The number of nitrogens with one attached hydrogen (secondary N) is 1. The first kappa shape index (κ1) is 22.3. The lowest BCUT2D eigenvalue weighted by molar-refractivity contribution is 0.0596. The van der Waals surface area contributed by atoms with Crippen molar-refractivity contribution >= 4 is 17.0 Å². The first-order chi connectivity index (χ1) is 14.5. The molecule has 0 amide bonds. The molecule has 8 nitrogen and oxygen atoms in total. The van der Waals surface area contributed by atoms with Crippen molar-refractivity contribution in [3.8, 4) is 11.5 Å². The summed E-state index contributed by atoms with van der Waals surface area (Å²) in [5.41, 5.74) is 2.72. The highest BCUT2D eigenvalue weighted by molar-refractivity contribution is 7.83. The molecule has 1 aromatic carbocycles. The molecule has 0 bridgehead atoms. The fourth-order valence-corrected chi connectivity index (χ4v) is 4.71. The van der Waals surface area contributed by atoms with Crippen LogP contribution in [-0.4, -0.2) is 56.0 Å². The van der Waals surface area contributed by atoms with E-state index >= 15 is 0 Å². The number of carbonyl (C=O) groups excluding carboxylic acids is 1. The molecule has 1 aliphatic heterocycles. The molecular formula is C21H28N2O6S. The van der Waals surface area contributed by atoms with Crippen molar-refractivity contribution in [3.63, 3.8) is 0 Å². The number of aryl methyl sites for hydroxylation is 1. The Hall–Kier alpha value is -2.36. The van der Waals surface area contributed by atoms with Gasteiger partial charge in [0.15, 0.2) is 11.5 Å². The molecule has 2 heterocycles. The number of rotatable bonds is 9. The van der Waals surface area contributed by atoms with Crippen LogP contribution in [-0.2, 0) is 28.7 Å². The Bertz CT molecular complexity index is 926. The second-order valence-corrected chi connectivity index (χ2v) is 8.28. The van der Waals surface area contributed by atoms with Gasteiger partial charge >= 0.3 is 5.97 Å². The molecule has 0 spiro atoms. The van der Waals surface area contributed by atoms with Crippen LogP contribution in [0, 0.1) is 6.92 Å². The van der Waals surface area contributed by atoms with Crippen LogP contribution in [0.2, 0.25) is 0 Å². The number of fused-ring (bicyclic) bond motifs is 1. The van der Waals surface area contributed by atoms with E-state index in [1.165, 1.54) is 24.5 Å². The Morgan fingerprint density at radius 3 is 2.57 bits per heavy atom. The summed E-state index contributed by atoms with van der Waals surface area (Å²) in [5, 5.41) is 0. The normalized spacial score (nSPS) is 14.8. The number of nitrogens with zero attached hydrogens (tertiary/aromatic N) is 1. The van der Waals surface area contributed by atoms with E-state index < -0.39 is 17.0 Å². The fourth-order valence-electron chi connectivity index (χ4n) is 3.60. The summed E-state index contributed by atoms with van der Waals surface area (Å²) in [7, 11) is 3.03. The zero-order chi connectivity index (χ0) is 21.7. The average Bonchev–Trinajstić information content (AvgIpc) is 3.16. The van der Waals surface area contributed by atoms with E-state index in [2.05, 4.69) is 15.7 Å². The molecule has 1 aromatic heterocycles. The smallest absolute Gasteiger partial charge is 0.342 e. The van der Waals surface area contributed by atoms with E-state index in [1.807, 2.05) is 6.07 Å². The van der Waals surface area contributed by atoms with E-state index in [0.717, 1.165) is 44.0 Å². The molecule has 1 aliphatic rings. The van der Waals surface area contributed by atoms with Crippen LogP contribution >= 0.6 is 0 Å². The van der Waals surface area contributed by atoms with E-state index in [1.54, 1.807) is 21.1 Å². The van der Waals surface area contributed by atoms with Gasteiger partial charge in [0.1, 0.15) is 33.5 Å². The summed E-state index contributed by atoms with van der Waals surface area (Å²) < 4.78 is 36.4. The quantitative estimate of drug-likeness (QED) is 0.477. The van der Waals surface area contributed by atoms with Gasteiger partial charge in [-0.3, -0.25) is 4.90 Å². The van der Waals surface area contributed by atoms with Gasteiger partial charge < -0.3 is 18.6 Å². The second kappa shape index (κ2) is 10.1. The zero-order valence-corrected chi connectivity index (χ0v) is 18.6. The number of hydrogen-bond acceptors (Lipinski definition) is 7. The molecule has 0 aliphatic carbocycles. The summed E-state index contributed by atoms with van der Waals surface area (Å²) in [6, 6.07) is 4.10. The van der Waals surface area contributed by atoms with Crippen LogP contribution in [0.4, 0.5) is 0 Å². The van der Waals surface area contributed by atoms with Crippen molar-refractivity contribution < 1.29 is 27.6 Å². The Balaban J connectivity index is 1.52. The van der Waals surface area contributed by atoms with Gasteiger partial charge in [0.25, 0.3) is 0 Å². The summed E-state index contributed by atoms with van der Waals surface area (Å²) in [6.45, 7) is 4.89. The summed E-state index contributed by atoms with van der Waals surface area (Å²) >= 11 is 0. The third kappa shape index (κ3) is 4.85. The average molecular weight is 437 g/mol. The minimum Gasteiger partial charge on any atom is -0.493 e. The van der Waals surface area contributed by atoms with E-state index in [9.17, 15) is 9.00 Å². The number of carbonyl (C=O) groups is 1. The highest BCUT2D eigenvalue weighted by atomic mass is 32.2. The van der Waals surface area contributed by atoms with Gasteiger partial charge in [-0.2, -0.15) is 0 Å². The molecule has 164 valence electrons. The molecular weight excluding hydrogens is 408 g/mol. The molecule has 1 N–H and O–H groups in total. The molecule has 3 rings (SSSR count). The maximum Gasteiger partial charge on any atom is 0.342 e. The topological polar surface area (TPSA) is 90.2 Å². The van der Waals surface area contributed by atoms with Crippen molar-refractivity contribution in [2.24, 2.45) is 0 Å². The molecule has 2 aromatic rings. The Morgan fingerprint density at radius 2 is 1.90 bits per heavy atom. The van der Waals surface area contributed by atoms with Crippen molar-refractivity contribution in [2.45, 2.75) is 31.2 Å². The van der Waals surface area contributed by atoms with E-state index in [0.29, 0.717) is 17.2 Å². The summed E-state index contributed by atoms with van der Waals surface area (Å²) in [4.78, 5) is 14.5. The lowest BCUT2D eigenvalue weighted by Crippen LogP contribution is -2.33. The third-order valence-corrected chi connectivity index (χ3v) is 6.53. The minimum atomic E-state index is -1.54. The molecule has 0 saturated heterocycles. The lowest BCUT2D eigenvalue weighted by Gasteiger charge is -2.29. The molecule has 30 heavy (non-hydrogen) atoms. The van der Waals surface area contributed by atoms with E-state index in [-0.39, 0.29) is 5.56 Å². The first-order valence-electron chi connectivity index (χ1n) is 9.76. The summed E-state index contributed by atoms with van der Waals surface area (Å²) in [5.74, 6) is 1.39. The van der Waals surface area contributed by atoms with Gasteiger partial charge in [0.05, 0.1) is 21.3 Å². The molecule has 0 fully saturated rings. The zero-order valence-electron chi connectivity index (χ0n) is 17.8. The molecule has 1 unspecified atom stereocenters. The van der Waals surface area contributed by atoms with Crippen LogP contribution in [0.15, 0.2) is 27.7 Å². The largest absolute Gasteiger partial charge is 0.493 e. The van der Waals surface area contributed by atoms with Crippen molar-refractivity contribution in [2.75, 3.05) is 41.0 Å². The van der Waals surface area contributed by atoms with Gasteiger partial charge in [0.2, 0.25) is 0 Å². The third-order valence-electron chi connectivity index (χ3n) is 5.19. The van der Waals surface area contributed by atoms with Gasteiger partial charge in [-0.15, -0.1) is 0 Å². The van der Waals surface area contributed by atoms with Crippen LogP contribution in [0.25, 0.3) is 0 Å². The second-order valence-electron chi connectivity index (χ2n) is 7.04. The van der Waals surface area contributed by atoms with Crippen LogP contribution in [0.3, 0.4) is 0 Å². The fraction of sp³-hybridized carbons (Fsp3) is 0.476. The molecule has 9 heteroatoms. The number of furan rings is 1. The molecule has 0 radical (unpaired) electrons. The number of esters is 1. The summed E-state index contributed by atoms with van der Waals surface area (Å²) in [6.07, 6.45) is 3.05. The maximum atomic E-state index is 12.6. The predicted octanol–water partition coefficient (Wildman–Crippen LogP) is 2.45. The number of hydrogen-bond donors (Lipinski definition) is 1. The SMILES string of the molecule is COC(=O)c1coc(C)c1S(=O)NCCCN1CCc2cc(OC)c(OC)cc2C1. The monoisotopic (exact) mass is 436 g/mol. The van der Waals surface area contributed by atoms with Gasteiger partial charge in [-0.25, -0.2) is 13.7 Å². The van der Waals surface area contributed by atoms with E-state index in [4.69, 9.17) is 18.6 Å². The predicted molar refractivity (Wildman–Crippen MR) is 112 cm³/mol. The molecule has 1 atom stereocenters. The van der Waals surface area contributed by atoms with Gasteiger partial charge in [-0.1, -0.05) is 0 Å². The van der Waals surface area contributed by atoms with Crippen LogP contribution in [0.1, 0.15) is 33.7 Å². The van der Waals surface area contributed by atoms with Crippen molar-refractivity contribution in [1.29, 1.82) is 0 Å². The Labute approximate surface area is 179 Å². The number of ether oxygens (including phenoxy) is 3.